The van der Waals surface area contributed by atoms with Crippen LogP contribution in [0.3, 0.4) is 0 Å². The zero-order chi connectivity index (χ0) is 9.47. The molecule has 0 amide bonds. The highest BCUT2D eigenvalue weighted by molar-refractivity contribution is 9.10. The van der Waals surface area contributed by atoms with Gasteiger partial charge in [0.05, 0.1) is 4.47 Å². The largest absolute Gasteiger partial charge is 0.310 e. The second-order valence-electron chi connectivity index (χ2n) is 3.17. The molecule has 0 aliphatic carbocycles. The number of hydrogen-bond acceptors (Lipinski definition) is 1. The lowest BCUT2D eigenvalue weighted by Crippen LogP contribution is -2.54. The van der Waals surface area contributed by atoms with Gasteiger partial charge in [0.25, 0.3) is 0 Å². The molecule has 1 aliphatic rings. The van der Waals surface area contributed by atoms with Crippen LogP contribution in [0, 0.1) is 5.82 Å². The van der Waals surface area contributed by atoms with Gasteiger partial charge in [0.1, 0.15) is 5.82 Å². The van der Waals surface area contributed by atoms with E-state index < -0.39 is 11.5 Å². The first kappa shape index (κ1) is 9.09. The molecule has 2 rings (SSSR count). The van der Waals surface area contributed by atoms with Gasteiger partial charge >= 0.3 is 0 Å². The summed E-state index contributed by atoms with van der Waals surface area (Å²) in [4.78, 5) is 0. The van der Waals surface area contributed by atoms with Crippen LogP contribution in [-0.4, -0.2) is 13.1 Å². The molecule has 1 N–H and O–H groups in total. The van der Waals surface area contributed by atoms with Gasteiger partial charge in [0.2, 0.25) is 0 Å². The summed E-state index contributed by atoms with van der Waals surface area (Å²) in [6, 6.07) is 4.69. The topological polar surface area (TPSA) is 12.0 Å². The van der Waals surface area contributed by atoms with E-state index in [4.69, 9.17) is 0 Å². The quantitative estimate of drug-likeness (QED) is 0.804. The van der Waals surface area contributed by atoms with Gasteiger partial charge in [-0.05, 0) is 22.0 Å². The molecule has 1 aromatic rings. The average Bonchev–Trinajstić information content (AvgIpc) is 2.06. The van der Waals surface area contributed by atoms with Gasteiger partial charge in [-0.15, -0.1) is 0 Å². The van der Waals surface area contributed by atoms with Crippen LogP contribution >= 0.6 is 15.9 Å². The van der Waals surface area contributed by atoms with E-state index in [1.54, 1.807) is 12.1 Å². The molecule has 1 aromatic carbocycles. The summed E-state index contributed by atoms with van der Waals surface area (Å²) in [7, 11) is 0. The Hall–Kier alpha value is -0.480. The Balaban J connectivity index is 2.45. The third-order valence-electron chi connectivity index (χ3n) is 2.24. The van der Waals surface area contributed by atoms with Crippen molar-refractivity contribution in [3.05, 3.63) is 34.1 Å². The number of halogens is 3. The van der Waals surface area contributed by atoms with Gasteiger partial charge < -0.3 is 5.32 Å². The van der Waals surface area contributed by atoms with E-state index in [1.165, 1.54) is 6.07 Å². The van der Waals surface area contributed by atoms with E-state index >= 15 is 0 Å². The van der Waals surface area contributed by atoms with Gasteiger partial charge in [0.15, 0.2) is 5.67 Å². The van der Waals surface area contributed by atoms with E-state index in [9.17, 15) is 8.78 Å². The Bertz CT molecular complexity index is 336. The van der Waals surface area contributed by atoms with Crippen LogP contribution in [0.4, 0.5) is 8.78 Å². The summed E-state index contributed by atoms with van der Waals surface area (Å²) in [6.45, 7) is 0.390. The van der Waals surface area contributed by atoms with Crippen LogP contribution in [-0.2, 0) is 5.67 Å². The number of alkyl halides is 1. The SMILES string of the molecule is Fc1c(Br)cccc1C1(F)CNC1. The Morgan fingerprint density at radius 1 is 1.38 bits per heavy atom. The Labute approximate surface area is 83.3 Å². The summed E-state index contributed by atoms with van der Waals surface area (Å²) in [5.74, 6) is -0.494. The highest BCUT2D eigenvalue weighted by atomic mass is 79.9. The van der Waals surface area contributed by atoms with Crippen molar-refractivity contribution in [2.24, 2.45) is 0 Å². The van der Waals surface area contributed by atoms with Crippen LogP contribution in [0.1, 0.15) is 5.56 Å². The second kappa shape index (κ2) is 3.03. The van der Waals surface area contributed by atoms with Crippen molar-refractivity contribution in [3.63, 3.8) is 0 Å². The maximum absolute atomic E-state index is 13.8. The summed E-state index contributed by atoms with van der Waals surface area (Å²) in [5.41, 5.74) is -1.38. The molecule has 1 nitrogen and oxygen atoms in total. The van der Waals surface area contributed by atoms with E-state index in [0.29, 0.717) is 4.47 Å². The molecule has 0 radical (unpaired) electrons. The molecule has 13 heavy (non-hydrogen) atoms. The molecule has 4 heteroatoms. The molecule has 1 aliphatic heterocycles. The Kier molecular flexibility index (Phi) is 2.12. The van der Waals surface area contributed by atoms with Crippen molar-refractivity contribution in [1.82, 2.24) is 5.32 Å². The monoisotopic (exact) mass is 247 g/mol. The van der Waals surface area contributed by atoms with Crippen molar-refractivity contribution in [3.8, 4) is 0 Å². The minimum absolute atomic E-state index is 0.139. The molecule has 0 aromatic heterocycles. The Morgan fingerprint density at radius 3 is 2.62 bits per heavy atom. The molecule has 0 atom stereocenters. The predicted molar refractivity (Wildman–Crippen MR) is 49.8 cm³/mol. The van der Waals surface area contributed by atoms with Crippen LogP contribution in [0.2, 0.25) is 0 Å². The van der Waals surface area contributed by atoms with E-state index in [2.05, 4.69) is 21.2 Å². The lowest BCUT2D eigenvalue weighted by atomic mass is 9.90. The number of nitrogens with one attached hydrogen (secondary N) is 1. The summed E-state index contributed by atoms with van der Waals surface area (Å²) < 4.78 is 27.5. The number of benzene rings is 1. The van der Waals surface area contributed by atoms with Gasteiger partial charge in [-0.25, -0.2) is 8.78 Å². The first-order chi connectivity index (χ1) is 6.13. The van der Waals surface area contributed by atoms with Crippen LogP contribution in [0.15, 0.2) is 22.7 Å². The highest BCUT2D eigenvalue weighted by Crippen LogP contribution is 2.34. The van der Waals surface area contributed by atoms with Crippen molar-refractivity contribution < 1.29 is 8.78 Å². The fourth-order valence-corrected chi connectivity index (χ4v) is 1.75. The standard InChI is InChI=1S/C9H8BrF2N/c10-7-3-1-2-6(8(7)11)9(12)4-13-5-9/h1-3,13H,4-5H2. The molecule has 1 saturated heterocycles. The average molecular weight is 248 g/mol. The minimum Gasteiger partial charge on any atom is -0.310 e. The summed E-state index contributed by atoms with van der Waals surface area (Å²) >= 11 is 3.03. The van der Waals surface area contributed by atoms with Gasteiger partial charge in [0, 0.05) is 18.7 Å². The lowest BCUT2D eigenvalue weighted by molar-refractivity contribution is 0.0845. The van der Waals surface area contributed by atoms with E-state index in [1.807, 2.05) is 0 Å². The predicted octanol–water partition coefficient (Wildman–Crippen LogP) is 2.36. The summed E-state index contributed by atoms with van der Waals surface area (Å²) in [6.07, 6.45) is 0. The maximum atomic E-state index is 13.8. The smallest absolute Gasteiger partial charge is 0.163 e. The van der Waals surface area contributed by atoms with Crippen LogP contribution in [0.25, 0.3) is 0 Å². The van der Waals surface area contributed by atoms with Crippen molar-refractivity contribution >= 4 is 15.9 Å². The van der Waals surface area contributed by atoms with Crippen molar-refractivity contribution in [1.29, 1.82) is 0 Å². The molecule has 0 saturated carbocycles. The first-order valence-electron chi connectivity index (χ1n) is 3.98. The zero-order valence-corrected chi connectivity index (χ0v) is 8.37. The van der Waals surface area contributed by atoms with Crippen molar-refractivity contribution in [2.45, 2.75) is 5.67 Å². The molecule has 0 unspecified atom stereocenters. The third kappa shape index (κ3) is 1.38. The Morgan fingerprint density at radius 2 is 2.08 bits per heavy atom. The molecule has 70 valence electrons. The fraction of sp³-hybridized carbons (Fsp3) is 0.333. The number of hydrogen-bond donors (Lipinski definition) is 1. The lowest BCUT2D eigenvalue weighted by Gasteiger charge is -2.35. The fourth-order valence-electron chi connectivity index (χ4n) is 1.38. The zero-order valence-electron chi connectivity index (χ0n) is 6.78. The molecule has 0 bridgehead atoms. The first-order valence-corrected chi connectivity index (χ1v) is 4.77. The van der Waals surface area contributed by atoms with Gasteiger partial charge in [-0.2, -0.15) is 0 Å². The molecule has 0 spiro atoms. The number of rotatable bonds is 1. The highest BCUT2D eigenvalue weighted by Gasteiger charge is 2.41. The third-order valence-corrected chi connectivity index (χ3v) is 2.86. The van der Waals surface area contributed by atoms with Crippen molar-refractivity contribution in [2.75, 3.05) is 13.1 Å². The molecular formula is C9H8BrF2N. The normalized spacial score (nSPS) is 19.6. The maximum Gasteiger partial charge on any atom is 0.163 e. The van der Waals surface area contributed by atoms with Gasteiger partial charge in [-0.1, -0.05) is 12.1 Å². The van der Waals surface area contributed by atoms with Crippen LogP contribution in [0.5, 0.6) is 0 Å². The second-order valence-corrected chi connectivity index (χ2v) is 4.02. The van der Waals surface area contributed by atoms with E-state index in [0.717, 1.165) is 0 Å². The molecule has 1 fully saturated rings. The van der Waals surface area contributed by atoms with Crippen LogP contribution < -0.4 is 5.32 Å². The minimum atomic E-state index is -1.52. The molecular weight excluding hydrogens is 240 g/mol. The summed E-state index contributed by atoms with van der Waals surface area (Å²) in [5, 5.41) is 2.79. The molecule has 1 heterocycles. The van der Waals surface area contributed by atoms with E-state index in [-0.39, 0.29) is 18.7 Å². The van der Waals surface area contributed by atoms with Gasteiger partial charge in [-0.3, -0.25) is 0 Å².